The minimum Gasteiger partial charge on any atom is -0.346 e. The summed E-state index contributed by atoms with van der Waals surface area (Å²) in [4.78, 5) is 0. The Balaban J connectivity index is 2.25. The van der Waals surface area contributed by atoms with E-state index in [9.17, 15) is 0 Å². The highest BCUT2D eigenvalue weighted by Crippen LogP contribution is 2.29. The molecule has 0 N–H and O–H groups in total. The van der Waals surface area contributed by atoms with Crippen LogP contribution < -0.4 is 0 Å². The summed E-state index contributed by atoms with van der Waals surface area (Å²) in [6.07, 6.45) is -0.245. The van der Waals surface area contributed by atoms with Gasteiger partial charge in [0, 0.05) is 10.0 Å². The van der Waals surface area contributed by atoms with Gasteiger partial charge in [0.05, 0.1) is 18.2 Å². The molecular formula is C9H8BrClO2. The molecule has 0 atom stereocenters. The highest BCUT2D eigenvalue weighted by atomic mass is 79.9. The fourth-order valence-electron chi connectivity index (χ4n) is 1.21. The van der Waals surface area contributed by atoms with Crippen molar-refractivity contribution in [1.29, 1.82) is 0 Å². The Morgan fingerprint density at radius 1 is 1.31 bits per heavy atom. The van der Waals surface area contributed by atoms with Crippen molar-refractivity contribution in [1.82, 2.24) is 0 Å². The van der Waals surface area contributed by atoms with Gasteiger partial charge in [0.1, 0.15) is 0 Å². The monoisotopic (exact) mass is 262 g/mol. The molecule has 1 heterocycles. The molecule has 0 amide bonds. The lowest BCUT2D eigenvalue weighted by Crippen LogP contribution is -1.97. The van der Waals surface area contributed by atoms with Crippen molar-refractivity contribution in [2.24, 2.45) is 0 Å². The topological polar surface area (TPSA) is 18.5 Å². The molecule has 1 fully saturated rings. The predicted octanol–water partition coefficient (Wildman–Crippen LogP) is 3.15. The molecule has 0 bridgehead atoms. The van der Waals surface area contributed by atoms with Gasteiger partial charge in [0.2, 0.25) is 0 Å². The van der Waals surface area contributed by atoms with E-state index in [1.165, 1.54) is 0 Å². The standard InChI is InChI=1S/C9H8BrClO2/c10-7-2-1-6(5-8(7)11)9-12-3-4-13-9/h1-2,5,9H,3-4H2. The first-order valence-electron chi connectivity index (χ1n) is 3.95. The zero-order valence-corrected chi connectivity index (χ0v) is 9.14. The Kier molecular flexibility index (Phi) is 2.89. The van der Waals surface area contributed by atoms with E-state index in [0.29, 0.717) is 18.2 Å². The van der Waals surface area contributed by atoms with Crippen molar-refractivity contribution in [2.75, 3.05) is 13.2 Å². The number of hydrogen-bond acceptors (Lipinski definition) is 2. The molecule has 0 spiro atoms. The third-order valence-corrected chi connectivity index (χ3v) is 3.07. The lowest BCUT2D eigenvalue weighted by atomic mass is 10.2. The maximum absolute atomic E-state index is 5.93. The first-order chi connectivity index (χ1) is 6.27. The Bertz CT molecular complexity index is 310. The molecule has 1 aromatic rings. The van der Waals surface area contributed by atoms with Gasteiger partial charge in [-0.05, 0) is 28.1 Å². The van der Waals surface area contributed by atoms with Gasteiger partial charge in [-0.2, -0.15) is 0 Å². The average Bonchev–Trinajstić information content (AvgIpc) is 2.62. The van der Waals surface area contributed by atoms with Gasteiger partial charge in [-0.3, -0.25) is 0 Å². The van der Waals surface area contributed by atoms with Gasteiger partial charge in [-0.15, -0.1) is 0 Å². The smallest absolute Gasteiger partial charge is 0.184 e. The minimum atomic E-state index is -0.245. The molecule has 70 valence electrons. The molecule has 1 aliphatic rings. The first kappa shape index (κ1) is 9.46. The van der Waals surface area contributed by atoms with Crippen molar-refractivity contribution in [3.05, 3.63) is 33.3 Å². The molecule has 1 aliphatic heterocycles. The van der Waals surface area contributed by atoms with Crippen LogP contribution in [0, 0.1) is 0 Å². The highest BCUT2D eigenvalue weighted by molar-refractivity contribution is 9.10. The summed E-state index contributed by atoms with van der Waals surface area (Å²) in [6.45, 7) is 1.30. The second-order valence-electron chi connectivity index (χ2n) is 2.75. The summed E-state index contributed by atoms with van der Waals surface area (Å²) in [6, 6.07) is 5.68. The fourth-order valence-corrected chi connectivity index (χ4v) is 1.65. The predicted molar refractivity (Wildman–Crippen MR) is 53.8 cm³/mol. The molecular weight excluding hydrogens is 255 g/mol. The van der Waals surface area contributed by atoms with Crippen molar-refractivity contribution in [3.63, 3.8) is 0 Å². The van der Waals surface area contributed by atoms with Crippen LogP contribution in [-0.2, 0) is 9.47 Å². The second-order valence-corrected chi connectivity index (χ2v) is 4.01. The number of halogens is 2. The van der Waals surface area contributed by atoms with Crippen LogP contribution >= 0.6 is 27.5 Å². The minimum absolute atomic E-state index is 0.245. The molecule has 1 aromatic carbocycles. The molecule has 4 heteroatoms. The van der Waals surface area contributed by atoms with E-state index < -0.39 is 0 Å². The molecule has 13 heavy (non-hydrogen) atoms. The summed E-state index contributed by atoms with van der Waals surface area (Å²) in [7, 11) is 0. The van der Waals surface area contributed by atoms with E-state index >= 15 is 0 Å². The van der Waals surface area contributed by atoms with Crippen molar-refractivity contribution in [3.8, 4) is 0 Å². The largest absolute Gasteiger partial charge is 0.346 e. The Morgan fingerprint density at radius 2 is 2.00 bits per heavy atom. The van der Waals surface area contributed by atoms with Crippen LogP contribution in [0.3, 0.4) is 0 Å². The number of rotatable bonds is 1. The van der Waals surface area contributed by atoms with Gasteiger partial charge in [-0.1, -0.05) is 17.7 Å². The van der Waals surface area contributed by atoms with Gasteiger partial charge >= 0.3 is 0 Å². The van der Waals surface area contributed by atoms with E-state index in [4.69, 9.17) is 21.1 Å². The Morgan fingerprint density at radius 3 is 2.62 bits per heavy atom. The van der Waals surface area contributed by atoms with Crippen LogP contribution in [0.1, 0.15) is 11.9 Å². The molecule has 0 saturated carbocycles. The summed E-state index contributed by atoms with van der Waals surface area (Å²) < 4.78 is 11.6. The summed E-state index contributed by atoms with van der Waals surface area (Å²) >= 11 is 9.26. The number of hydrogen-bond donors (Lipinski definition) is 0. The third-order valence-electron chi connectivity index (χ3n) is 1.84. The van der Waals surface area contributed by atoms with Crippen LogP contribution in [0.4, 0.5) is 0 Å². The van der Waals surface area contributed by atoms with Gasteiger partial charge in [0.15, 0.2) is 6.29 Å². The van der Waals surface area contributed by atoms with Crippen LogP contribution in [-0.4, -0.2) is 13.2 Å². The van der Waals surface area contributed by atoms with Crippen molar-refractivity contribution in [2.45, 2.75) is 6.29 Å². The lowest BCUT2D eigenvalue weighted by molar-refractivity contribution is -0.0441. The van der Waals surface area contributed by atoms with Gasteiger partial charge in [0.25, 0.3) is 0 Å². The maximum Gasteiger partial charge on any atom is 0.184 e. The van der Waals surface area contributed by atoms with Crippen molar-refractivity contribution >= 4 is 27.5 Å². The zero-order valence-electron chi connectivity index (χ0n) is 6.80. The normalized spacial score (nSPS) is 18.0. The Hall–Kier alpha value is -0.0900. The lowest BCUT2D eigenvalue weighted by Gasteiger charge is -2.09. The molecule has 0 aromatic heterocycles. The summed E-state index contributed by atoms with van der Waals surface area (Å²) in [5.41, 5.74) is 0.964. The van der Waals surface area contributed by atoms with Gasteiger partial charge < -0.3 is 9.47 Å². The molecule has 0 aliphatic carbocycles. The van der Waals surface area contributed by atoms with Crippen molar-refractivity contribution < 1.29 is 9.47 Å². The third kappa shape index (κ3) is 2.05. The zero-order chi connectivity index (χ0) is 9.26. The number of benzene rings is 1. The van der Waals surface area contributed by atoms with Crippen LogP contribution in [0.25, 0.3) is 0 Å². The van der Waals surface area contributed by atoms with Crippen LogP contribution in [0.2, 0.25) is 5.02 Å². The van der Waals surface area contributed by atoms with Crippen LogP contribution in [0.5, 0.6) is 0 Å². The molecule has 1 saturated heterocycles. The summed E-state index contributed by atoms with van der Waals surface area (Å²) in [5, 5.41) is 0.677. The first-order valence-corrected chi connectivity index (χ1v) is 5.12. The number of ether oxygens (including phenoxy) is 2. The maximum atomic E-state index is 5.93. The van der Waals surface area contributed by atoms with E-state index in [0.717, 1.165) is 10.0 Å². The molecule has 0 radical (unpaired) electrons. The van der Waals surface area contributed by atoms with Crippen LogP contribution in [0.15, 0.2) is 22.7 Å². The van der Waals surface area contributed by atoms with E-state index in [1.54, 1.807) is 0 Å². The second kappa shape index (κ2) is 3.96. The highest BCUT2D eigenvalue weighted by Gasteiger charge is 2.18. The van der Waals surface area contributed by atoms with E-state index in [2.05, 4.69) is 15.9 Å². The van der Waals surface area contributed by atoms with E-state index in [-0.39, 0.29) is 6.29 Å². The molecule has 2 nitrogen and oxygen atoms in total. The van der Waals surface area contributed by atoms with Gasteiger partial charge in [-0.25, -0.2) is 0 Å². The fraction of sp³-hybridized carbons (Fsp3) is 0.333. The average molecular weight is 264 g/mol. The molecule has 0 unspecified atom stereocenters. The summed E-state index contributed by atoms with van der Waals surface area (Å²) in [5.74, 6) is 0. The quantitative estimate of drug-likeness (QED) is 0.775. The van der Waals surface area contributed by atoms with E-state index in [1.807, 2.05) is 18.2 Å². The Labute approximate surface area is 89.9 Å². The molecule has 2 rings (SSSR count). The SMILES string of the molecule is Clc1cc(C2OCCO2)ccc1Br.